The van der Waals surface area contributed by atoms with Gasteiger partial charge in [-0.15, -0.1) is 0 Å². The van der Waals surface area contributed by atoms with E-state index in [0.717, 1.165) is 6.26 Å². The second-order valence-electron chi connectivity index (χ2n) is 3.21. The summed E-state index contributed by atoms with van der Waals surface area (Å²) in [6.07, 6.45) is -0.229. The fraction of sp³-hybridized carbons (Fsp3) is 0.300. The molecule has 1 amide bonds. The van der Waals surface area contributed by atoms with Crippen LogP contribution in [0, 0.1) is 0 Å². The number of likely N-dealkylation sites (N-methyl/N-ethyl adjacent to an activating group) is 1. The van der Waals surface area contributed by atoms with E-state index in [9.17, 15) is 13.2 Å². The molecule has 1 rings (SSSR count). The minimum absolute atomic E-state index is 0.493. The van der Waals surface area contributed by atoms with Crippen molar-refractivity contribution in [3.8, 4) is 0 Å². The lowest BCUT2D eigenvalue weighted by Gasteiger charge is -2.14. The van der Waals surface area contributed by atoms with Crippen molar-refractivity contribution >= 4 is 16.0 Å². The summed E-state index contributed by atoms with van der Waals surface area (Å²) in [5, 5.41) is 2.36. The second-order valence-corrected chi connectivity index (χ2v) is 4.81. The van der Waals surface area contributed by atoms with Crippen molar-refractivity contribution in [2.24, 2.45) is 0 Å². The number of carbonyl (C=O) groups is 1. The van der Waals surface area contributed by atoms with Gasteiger partial charge in [-0.3, -0.25) is 8.98 Å². The lowest BCUT2D eigenvalue weighted by atomic mass is 10.1. The summed E-state index contributed by atoms with van der Waals surface area (Å²) >= 11 is 0. The third-order valence-electron chi connectivity index (χ3n) is 1.86. The Labute approximate surface area is 94.6 Å². The predicted octanol–water partition coefficient (Wildman–Crippen LogP) is 0.450. The SMILES string of the molecule is CNC(=O)C(OS(C)(=O)=O)c1ccccc1. The van der Waals surface area contributed by atoms with Gasteiger partial charge in [0.2, 0.25) is 0 Å². The van der Waals surface area contributed by atoms with Gasteiger partial charge >= 0.3 is 0 Å². The molecule has 0 radical (unpaired) electrons. The van der Waals surface area contributed by atoms with Crippen LogP contribution in [0.15, 0.2) is 30.3 Å². The molecule has 0 heterocycles. The average Bonchev–Trinajstić information content (AvgIpc) is 2.25. The van der Waals surface area contributed by atoms with Crippen molar-refractivity contribution in [2.45, 2.75) is 6.10 Å². The molecule has 1 aromatic carbocycles. The summed E-state index contributed by atoms with van der Waals surface area (Å²) in [5.74, 6) is -0.503. The van der Waals surface area contributed by atoms with Crippen molar-refractivity contribution in [2.75, 3.05) is 13.3 Å². The molecule has 0 fully saturated rings. The molecule has 0 saturated carbocycles. The van der Waals surface area contributed by atoms with Crippen LogP contribution in [0.5, 0.6) is 0 Å². The van der Waals surface area contributed by atoms with Crippen LogP contribution in [0.1, 0.15) is 11.7 Å². The quantitative estimate of drug-likeness (QED) is 0.779. The minimum atomic E-state index is -3.69. The summed E-state index contributed by atoms with van der Waals surface area (Å²) in [7, 11) is -2.27. The third-order valence-corrected chi connectivity index (χ3v) is 2.40. The van der Waals surface area contributed by atoms with Crippen LogP contribution in [0.25, 0.3) is 0 Å². The van der Waals surface area contributed by atoms with Gasteiger partial charge < -0.3 is 5.32 Å². The van der Waals surface area contributed by atoms with Crippen molar-refractivity contribution in [1.29, 1.82) is 0 Å². The molecule has 1 N–H and O–H groups in total. The maximum atomic E-state index is 11.5. The van der Waals surface area contributed by atoms with Crippen LogP contribution in [0.4, 0.5) is 0 Å². The fourth-order valence-electron chi connectivity index (χ4n) is 1.18. The summed E-state index contributed by atoms with van der Waals surface area (Å²) in [6, 6.07) is 8.44. The fourth-order valence-corrected chi connectivity index (χ4v) is 1.73. The molecule has 0 saturated heterocycles. The first-order chi connectivity index (χ1) is 7.44. The van der Waals surface area contributed by atoms with Gasteiger partial charge in [0.05, 0.1) is 6.26 Å². The maximum absolute atomic E-state index is 11.5. The molecule has 0 bridgehead atoms. The maximum Gasteiger partial charge on any atom is 0.265 e. The van der Waals surface area contributed by atoms with E-state index in [4.69, 9.17) is 4.18 Å². The number of benzene rings is 1. The number of rotatable bonds is 4. The summed E-state index contributed by atoms with van der Waals surface area (Å²) in [5.41, 5.74) is 0.493. The largest absolute Gasteiger partial charge is 0.357 e. The Bertz CT molecular complexity index is 455. The smallest absolute Gasteiger partial charge is 0.265 e. The lowest BCUT2D eigenvalue weighted by molar-refractivity contribution is -0.127. The van der Waals surface area contributed by atoms with Crippen LogP contribution < -0.4 is 5.32 Å². The Morgan fingerprint density at radius 1 is 1.31 bits per heavy atom. The van der Waals surface area contributed by atoms with Crippen molar-refractivity contribution in [1.82, 2.24) is 5.32 Å². The van der Waals surface area contributed by atoms with Crippen LogP contribution in [0.2, 0.25) is 0 Å². The van der Waals surface area contributed by atoms with E-state index in [1.807, 2.05) is 0 Å². The van der Waals surface area contributed by atoms with Crippen LogP contribution in [-0.2, 0) is 19.1 Å². The Morgan fingerprint density at radius 2 is 1.88 bits per heavy atom. The zero-order valence-electron chi connectivity index (χ0n) is 9.01. The molecular weight excluding hydrogens is 230 g/mol. The molecule has 1 atom stereocenters. The number of nitrogens with one attached hydrogen (secondary N) is 1. The Morgan fingerprint density at radius 3 is 2.31 bits per heavy atom. The topological polar surface area (TPSA) is 72.5 Å². The average molecular weight is 243 g/mol. The second kappa shape index (κ2) is 5.09. The molecule has 0 aliphatic heterocycles. The lowest BCUT2D eigenvalue weighted by Crippen LogP contribution is -2.29. The van der Waals surface area contributed by atoms with Gasteiger partial charge in [-0.2, -0.15) is 8.42 Å². The summed E-state index contributed by atoms with van der Waals surface area (Å²) in [6.45, 7) is 0. The van der Waals surface area contributed by atoms with Crippen molar-refractivity contribution < 1.29 is 17.4 Å². The zero-order valence-corrected chi connectivity index (χ0v) is 9.82. The highest BCUT2D eigenvalue weighted by Gasteiger charge is 2.24. The summed E-state index contributed by atoms with van der Waals surface area (Å²) in [4.78, 5) is 11.5. The molecule has 0 aliphatic rings. The van der Waals surface area contributed by atoms with Crippen LogP contribution in [0.3, 0.4) is 0 Å². The van der Waals surface area contributed by atoms with E-state index in [1.165, 1.54) is 7.05 Å². The van der Waals surface area contributed by atoms with Crippen LogP contribution >= 0.6 is 0 Å². The number of hydrogen-bond donors (Lipinski definition) is 1. The van der Waals surface area contributed by atoms with Gasteiger partial charge in [-0.1, -0.05) is 30.3 Å². The third kappa shape index (κ3) is 3.63. The van der Waals surface area contributed by atoms with Gasteiger partial charge in [0.25, 0.3) is 16.0 Å². The predicted molar refractivity (Wildman–Crippen MR) is 59.2 cm³/mol. The molecule has 0 aliphatic carbocycles. The van der Waals surface area contributed by atoms with E-state index in [1.54, 1.807) is 30.3 Å². The standard InChI is InChI=1S/C10H13NO4S/c1-11-10(12)9(15-16(2,13)14)8-6-4-3-5-7-8/h3-7,9H,1-2H3,(H,11,12). The first kappa shape index (κ1) is 12.7. The molecular formula is C10H13NO4S. The minimum Gasteiger partial charge on any atom is -0.357 e. The van der Waals surface area contributed by atoms with Gasteiger partial charge in [0.1, 0.15) is 0 Å². The van der Waals surface area contributed by atoms with E-state index in [2.05, 4.69) is 5.32 Å². The highest BCUT2D eigenvalue weighted by atomic mass is 32.2. The van der Waals surface area contributed by atoms with Gasteiger partial charge in [0.15, 0.2) is 6.10 Å². The monoisotopic (exact) mass is 243 g/mol. The Hall–Kier alpha value is -1.40. The number of hydrogen-bond acceptors (Lipinski definition) is 4. The number of amides is 1. The first-order valence-electron chi connectivity index (χ1n) is 4.59. The van der Waals surface area contributed by atoms with Gasteiger partial charge in [0, 0.05) is 7.05 Å². The molecule has 1 aromatic rings. The highest BCUT2D eigenvalue weighted by molar-refractivity contribution is 7.86. The molecule has 88 valence electrons. The molecule has 16 heavy (non-hydrogen) atoms. The van der Waals surface area contributed by atoms with Gasteiger partial charge in [-0.25, -0.2) is 0 Å². The Kier molecular flexibility index (Phi) is 4.03. The van der Waals surface area contributed by atoms with E-state index < -0.39 is 22.1 Å². The summed E-state index contributed by atoms with van der Waals surface area (Å²) < 4.78 is 26.8. The van der Waals surface area contributed by atoms with E-state index in [-0.39, 0.29) is 0 Å². The van der Waals surface area contributed by atoms with Crippen LogP contribution in [-0.4, -0.2) is 27.6 Å². The normalized spacial score (nSPS) is 13.1. The molecule has 0 spiro atoms. The Balaban J connectivity index is 3.02. The molecule has 1 unspecified atom stereocenters. The molecule has 6 heteroatoms. The van der Waals surface area contributed by atoms with E-state index in [0.29, 0.717) is 5.56 Å². The first-order valence-corrected chi connectivity index (χ1v) is 6.40. The van der Waals surface area contributed by atoms with Crippen molar-refractivity contribution in [3.05, 3.63) is 35.9 Å². The highest BCUT2D eigenvalue weighted by Crippen LogP contribution is 2.19. The van der Waals surface area contributed by atoms with Crippen molar-refractivity contribution in [3.63, 3.8) is 0 Å². The molecule has 5 nitrogen and oxygen atoms in total. The number of carbonyl (C=O) groups excluding carboxylic acids is 1. The van der Waals surface area contributed by atoms with E-state index >= 15 is 0 Å². The van der Waals surface area contributed by atoms with Gasteiger partial charge in [-0.05, 0) is 5.56 Å². The zero-order chi connectivity index (χ0) is 12.2. The molecule has 0 aromatic heterocycles.